The highest BCUT2D eigenvalue weighted by atomic mass is 79.9. The average molecular weight is 301 g/mol. The second kappa shape index (κ2) is 6.64. The van der Waals surface area contributed by atoms with Gasteiger partial charge in [-0.1, -0.05) is 22.0 Å². The van der Waals surface area contributed by atoms with Gasteiger partial charge >= 0.3 is 5.97 Å². The molecule has 0 aromatic heterocycles. The van der Waals surface area contributed by atoms with E-state index >= 15 is 0 Å². The third-order valence-corrected chi connectivity index (χ3v) is 3.15. The van der Waals surface area contributed by atoms with Gasteiger partial charge < -0.3 is 9.47 Å². The minimum Gasteiger partial charge on any atom is -0.496 e. The second-order valence-corrected chi connectivity index (χ2v) is 4.26. The first-order valence-corrected chi connectivity index (χ1v) is 6.62. The third kappa shape index (κ3) is 3.73. The first kappa shape index (κ1) is 14.0. The predicted molar refractivity (Wildman–Crippen MR) is 70.7 cm³/mol. The van der Waals surface area contributed by atoms with Crippen molar-refractivity contribution in [2.75, 3.05) is 13.7 Å². The average Bonchev–Trinajstić information content (AvgIpc) is 2.31. The number of rotatable bonds is 5. The Hall–Kier alpha value is -1.03. The minimum atomic E-state index is -0.209. The summed E-state index contributed by atoms with van der Waals surface area (Å²) in [4.78, 5) is 11.4. The van der Waals surface area contributed by atoms with E-state index in [4.69, 9.17) is 9.47 Å². The summed E-state index contributed by atoms with van der Waals surface area (Å²) < 4.78 is 10.2. The highest BCUT2D eigenvalue weighted by Crippen LogP contribution is 2.25. The Morgan fingerprint density at radius 3 is 2.65 bits per heavy atom. The number of benzene rings is 1. The van der Waals surface area contributed by atoms with Crippen LogP contribution in [0.2, 0.25) is 0 Å². The number of hydrogen-bond donors (Lipinski definition) is 0. The van der Waals surface area contributed by atoms with Gasteiger partial charge in [-0.2, -0.15) is 0 Å². The van der Waals surface area contributed by atoms with Gasteiger partial charge in [-0.15, -0.1) is 0 Å². The van der Waals surface area contributed by atoms with Gasteiger partial charge in [0.1, 0.15) is 5.75 Å². The monoisotopic (exact) mass is 300 g/mol. The maximum absolute atomic E-state index is 11.4. The van der Waals surface area contributed by atoms with Crippen molar-refractivity contribution < 1.29 is 14.3 Å². The summed E-state index contributed by atoms with van der Waals surface area (Å²) >= 11 is 3.43. The van der Waals surface area contributed by atoms with Crippen LogP contribution in [0.15, 0.2) is 12.1 Å². The normalized spacial score (nSPS) is 10.1. The molecular weight excluding hydrogens is 284 g/mol. The number of alkyl halides is 1. The van der Waals surface area contributed by atoms with Crippen molar-refractivity contribution >= 4 is 21.9 Å². The number of esters is 1. The van der Waals surface area contributed by atoms with E-state index in [1.807, 2.05) is 19.1 Å². The molecule has 0 heterocycles. The molecule has 0 N–H and O–H groups in total. The van der Waals surface area contributed by atoms with Gasteiger partial charge in [0.05, 0.1) is 20.1 Å². The molecule has 1 rings (SSSR count). The number of carbonyl (C=O) groups excluding carboxylic acids is 1. The number of carbonyl (C=O) groups is 1. The Morgan fingerprint density at radius 1 is 1.41 bits per heavy atom. The standard InChI is InChI=1S/C13H17BrO3/c1-4-17-13(15)7-10-5-11(8-14)9(2)12(6-10)16-3/h5-6H,4,7-8H2,1-3H3. The molecule has 0 aliphatic rings. The molecule has 0 fully saturated rings. The predicted octanol–water partition coefficient (Wildman–Crippen LogP) is 3.00. The molecule has 0 saturated heterocycles. The first-order chi connectivity index (χ1) is 8.12. The van der Waals surface area contributed by atoms with Gasteiger partial charge in [0.25, 0.3) is 0 Å². The lowest BCUT2D eigenvalue weighted by atomic mass is 10.0. The molecule has 0 aliphatic carbocycles. The van der Waals surface area contributed by atoms with E-state index < -0.39 is 0 Å². The van der Waals surface area contributed by atoms with E-state index in [2.05, 4.69) is 15.9 Å². The smallest absolute Gasteiger partial charge is 0.310 e. The van der Waals surface area contributed by atoms with Gasteiger partial charge in [0, 0.05) is 5.33 Å². The number of hydrogen-bond acceptors (Lipinski definition) is 3. The zero-order valence-electron chi connectivity index (χ0n) is 10.4. The molecule has 0 atom stereocenters. The van der Waals surface area contributed by atoms with Crippen molar-refractivity contribution in [2.45, 2.75) is 25.6 Å². The quantitative estimate of drug-likeness (QED) is 0.619. The van der Waals surface area contributed by atoms with Crippen molar-refractivity contribution in [1.82, 2.24) is 0 Å². The highest BCUT2D eigenvalue weighted by Gasteiger charge is 2.10. The van der Waals surface area contributed by atoms with E-state index in [0.29, 0.717) is 6.61 Å². The summed E-state index contributed by atoms with van der Waals surface area (Å²) in [7, 11) is 1.63. The molecule has 1 aromatic carbocycles. The largest absolute Gasteiger partial charge is 0.496 e. The van der Waals surface area contributed by atoms with Crippen LogP contribution in [0.5, 0.6) is 5.75 Å². The highest BCUT2D eigenvalue weighted by molar-refractivity contribution is 9.08. The van der Waals surface area contributed by atoms with Crippen molar-refractivity contribution in [2.24, 2.45) is 0 Å². The molecule has 0 saturated carbocycles. The first-order valence-electron chi connectivity index (χ1n) is 5.50. The summed E-state index contributed by atoms with van der Waals surface area (Å²) in [5.74, 6) is 0.597. The number of halogens is 1. The molecule has 17 heavy (non-hydrogen) atoms. The van der Waals surface area contributed by atoms with Crippen molar-refractivity contribution in [3.63, 3.8) is 0 Å². The molecule has 0 aliphatic heterocycles. The Bertz CT molecular complexity index is 377. The molecule has 0 bridgehead atoms. The number of methoxy groups -OCH3 is 1. The summed E-state index contributed by atoms with van der Waals surface area (Å²) in [5.41, 5.74) is 3.14. The van der Waals surface area contributed by atoms with E-state index in [9.17, 15) is 4.79 Å². The Balaban J connectivity index is 2.96. The van der Waals surface area contributed by atoms with Crippen LogP contribution in [-0.4, -0.2) is 19.7 Å². The van der Waals surface area contributed by atoms with E-state index in [0.717, 1.165) is 27.8 Å². The molecule has 4 heteroatoms. The van der Waals surface area contributed by atoms with E-state index in [-0.39, 0.29) is 12.4 Å². The summed E-state index contributed by atoms with van der Waals surface area (Å²) in [6.07, 6.45) is 0.282. The van der Waals surface area contributed by atoms with Crippen molar-refractivity contribution in [3.05, 3.63) is 28.8 Å². The zero-order chi connectivity index (χ0) is 12.8. The van der Waals surface area contributed by atoms with Gasteiger partial charge in [-0.05, 0) is 36.6 Å². The number of ether oxygens (including phenoxy) is 2. The fraction of sp³-hybridized carbons (Fsp3) is 0.462. The Labute approximate surface area is 110 Å². The van der Waals surface area contributed by atoms with Crippen LogP contribution in [0.4, 0.5) is 0 Å². The van der Waals surface area contributed by atoms with Crippen LogP contribution in [-0.2, 0) is 21.3 Å². The Kier molecular flexibility index (Phi) is 5.48. The van der Waals surface area contributed by atoms with Gasteiger partial charge in [0.15, 0.2) is 0 Å². The SMILES string of the molecule is CCOC(=O)Cc1cc(CBr)c(C)c(OC)c1. The molecular formula is C13H17BrO3. The van der Waals surface area contributed by atoms with E-state index in [1.54, 1.807) is 14.0 Å². The van der Waals surface area contributed by atoms with Gasteiger partial charge in [-0.25, -0.2) is 0 Å². The molecule has 1 aromatic rings. The lowest BCUT2D eigenvalue weighted by Crippen LogP contribution is -2.08. The van der Waals surface area contributed by atoms with E-state index in [1.165, 1.54) is 0 Å². The summed E-state index contributed by atoms with van der Waals surface area (Å²) in [6.45, 7) is 4.22. The maximum Gasteiger partial charge on any atom is 0.310 e. The fourth-order valence-electron chi connectivity index (χ4n) is 1.64. The molecule has 0 unspecified atom stereocenters. The molecule has 0 spiro atoms. The lowest BCUT2D eigenvalue weighted by Gasteiger charge is -2.11. The molecule has 94 valence electrons. The fourth-order valence-corrected chi connectivity index (χ4v) is 2.22. The third-order valence-electron chi connectivity index (χ3n) is 2.55. The van der Waals surface area contributed by atoms with Crippen molar-refractivity contribution in [1.29, 1.82) is 0 Å². The molecule has 0 amide bonds. The van der Waals surface area contributed by atoms with Crippen LogP contribution in [0.3, 0.4) is 0 Å². The molecule has 3 nitrogen and oxygen atoms in total. The second-order valence-electron chi connectivity index (χ2n) is 3.70. The Morgan fingerprint density at radius 2 is 2.12 bits per heavy atom. The van der Waals surface area contributed by atoms with Crippen LogP contribution in [0, 0.1) is 6.92 Å². The maximum atomic E-state index is 11.4. The minimum absolute atomic E-state index is 0.209. The van der Waals surface area contributed by atoms with Crippen molar-refractivity contribution in [3.8, 4) is 5.75 Å². The van der Waals surface area contributed by atoms with Crippen LogP contribution >= 0.6 is 15.9 Å². The lowest BCUT2D eigenvalue weighted by molar-refractivity contribution is -0.142. The summed E-state index contributed by atoms with van der Waals surface area (Å²) in [6, 6.07) is 3.89. The van der Waals surface area contributed by atoms with Crippen LogP contribution in [0.1, 0.15) is 23.6 Å². The van der Waals surface area contributed by atoms with Crippen LogP contribution in [0.25, 0.3) is 0 Å². The zero-order valence-corrected chi connectivity index (χ0v) is 12.0. The topological polar surface area (TPSA) is 35.5 Å². The van der Waals surface area contributed by atoms with Crippen LogP contribution < -0.4 is 4.74 Å². The van der Waals surface area contributed by atoms with Gasteiger partial charge in [0.2, 0.25) is 0 Å². The van der Waals surface area contributed by atoms with Gasteiger partial charge in [-0.3, -0.25) is 4.79 Å². The molecule has 0 radical (unpaired) electrons. The summed E-state index contributed by atoms with van der Waals surface area (Å²) in [5, 5.41) is 0.742.